The van der Waals surface area contributed by atoms with E-state index in [1.807, 2.05) is 0 Å². The lowest BCUT2D eigenvalue weighted by atomic mass is 10.2. The van der Waals surface area contributed by atoms with Gasteiger partial charge in [-0.15, -0.1) is 0 Å². The summed E-state index contributed by atoms with van der Waals surface area (Å²) in [5.74, 6) is -1.43. The molecule has 0 saturated heterocycles. The van der Waals surface area contributed by atoms with E-state index < -0.39 is 16.0 Å². The summed E-state index contributed by atoms with van der Waals surface area (Å²) in [4.78, 5) is 10.9. The van der Waals surface area contributed by atoms with Crippen molar-refractivity contribution in [1.29, 1.82) is 5.26 Å². The van der Waals surface area contributed by atoms with Crippen molar-refractivity contribution in [3.63, 3.8) is 0 Å². The molecule has 9 heteroatoms. The molecule has 0 aromatic heterocycles. The number of carboxylic acids is 1. The van der Waals surface area contributed by atoms with Gasteiger partial charge in [-0.25, -0.2) is 17.9 Å². The Kier molecular flexibility index (Phi) is 5.52. The van der Waals surface area contributed by atoms with Gasteiger partial charge in [0.2, 0.25) is 10.0 Å². The molecule has 0 heterocycles. The van der Waals surface area contributed by atoms with Crippen LogP contribution in [0.15, 0.2) is 17.0 Å². The topological polar surface area (TPSA) is 126 Å². The maximum Gasteiger partial charge on any atom is 0.339 e. The predicted molar refractivity (Wildman–Crippen MR) is 71.9 cm³/mol. The van der Waals surface area contributed by atoms with E-state index in [1.165, 1.54) is 14.2 Å². The highest BCUT2D eigenvalue weighted by molar-refractivity contribution is 7.89. The van der Waals surface area contributed by atoms with Gasteiger partial charge in [0, 0.05) is 19.0 Å². The minimum atomic E-state index is -3.95. The van der Waals surface area contributed by atoms with E-state index in [2.05, 4.69) is 4.72 Å². The molecule has 0 saturated carbocycles. The molecule has 2 N–H and O–H groups in total. The Morgan fingerprint density at radius 2 is 2.05 bits per heavy atom. The van der Waals surface area contributed by atoms with Gasteiger partial charge in [0.05, 0.1) is 25.2 Å². The molecule has 1 rings (SSSR count). The zero-order valence-corrected chi connectivity index (χ0v) is 12.2. The van der Waals surface area contributed by atoms with Crippen molar-refractivity contribution in [2.75, 3.05) is 20.8 Å². The fourth-order valence-electron chi connectivity index (χ4n) is 1.58. The second-order valence-electron chi connectivity index (χ2n) is 3.82. The smallest absolute Gasteiger partial charge is 0.339 e. The van der Waals surface area contributed by atoms with Gasteiger partial charge in [-0.3, -0.25) is 0 Å². The number of benzene rings is 1. The van der Waals surface area contributed by atoms with Crippen molar-refractivity contribution in [3.05, 3.63) is 17.7 Å². The number of ether oxygens (including phenoxy) is 2. The number of hydrogen-bond acceptors (Lipinski definition) is 6. The van der Waals surface area contributed by atoms with E-state index in [-0.39, 0.29) is 34.9 Å². The molecule has 8 nitrogen and oxygen atoms in total. The zero-order valence-electron chi connectivity index (χ0n) is 11.4. The molecule has 0 amide bonds. The summed E-state index contributed by atoms with van der Waals surface area (Å²) >= 11 is 0. The molecule has 0 aliphatic rings. The first-order chi connectivity index (χ1) is 9.87. The van der Waals surface area contributed by atoms with Crippen molar-refractivity contribution >= 4 is 16.0 Å². The highest BCUT2D eigenvalue weighted by Gasteiger charge is 2.23. The summed E-state index contributed by atoms with van der Waals surface area (Å²) in [5, 5.41) is 17.5. The molecular weight excluding hydrogens is 300 g/mol. The Labute approximate surface area is 122 Å². The van der Waals surface area contributed by atoms with Gasteiger partial charge in [-0.1, -0.05) is 0 Å². The predicted octanol–water partition coefficient (Wildman–Crippen LogP) is 0.594. The van der Waals surface area contributed by atoms with Crippen LogP contribution in [-0.4, -0.2) is 40.3 Å². The second kappa shape index (κ2) is 6.92. The largest absolute Gasteiger partial charge is 0.493 e. The first kappa shape index (κ1) is 16.7. The summed E-state index contributed by atoms with van der Waals surface area (Å²) in [5.41, 5.74) is -0.336. The molecule has 0 aliphatic carbocycles. The van der Waals surface area contributed by atoms with Crippen molar-refractivity contribution in [1.82, 2.24) is 4.72 Å². The first-order valence-electron chi connectivity index (χ1n) is 5.73. The third kappa shape index (κ3) is 3.84. The average Bonchev–Trinajstić information content (AvgIpc) is 2.45. The average molecular weight is 314 g/mol. The Hall–Kier alpha value is -2.31. The van der Waals surface area contributed by atoms with Crippen molar-refractivity contribution in [3.8, 4) is 17.6 Å². The number of carboxylic acid groups (broad SMARTS) is 1. The van der Waals surface area contributed by atoms with Crippen LogP contribution in [0.25, 0.3) is 0 Å². The van der Waals surface area contributed by atoms with Crippen LogP contribution in [0.1, 0.15) is 16.8 Å². The number of nitrogens with zero attached hydrogens (tertiary/aromatic N) is 1. The van der Waals surface area contributed by atoms with Crippen LogP contribution in [0, 0.1) is 11.3 Å². The molecule has 114 valence electrons. The fourth-order valence-corrected chi connectivity index (χ4v) is 2.65. The molecule has 1 aromatic carbocycles. The van der Waals surface area contributed by atoms with Crippen LogP contribution in [0.3, 0.4) is 0 Å². The maximum atomic E-state index is 12.0. The van der Waals surface area contributed by atoms with Crippen LogP contribution in [0.5, 0.6) is 11.5 Å². The van der Waals surface area contributed by atoms with Crippen LogP contribution in [0.4, 0.5) is 0 Å². The molecule has 0 aliphatic heterocycles. The number of sulfonamides is 1. The molecule has 0 fully saturated rings. The normalized spacial score (nSPS) is 10.7. The Morgan fingerprint density at radius 3 is 2.52 bits per heavy atom. The summed E-state index contributed by atoms with van der Waals surface area (Å²) in [7, 11) is -1.43. The van der Waals surface area contributed by atoms with E-state index in [4.69, 9.17) is 19.8 Å². The first-order valence-corrected chi connectivity index (χ1v) is 7.21. The molecule has 0 spiro atoms. The van der Waals surface area contributed by atoms with Gasteiger partial charge < -0.3 is 14.6 Å². The number of nitriles is 1. The molecule has 0 unspecified atom stereocenters. The highest BCUT2D eigenvalue weighted by atomic mass is 32.2. The molecular formula is C12H14N2O6S. The fraction of sp³-hybridized carbons (Fsp3) is 0.333. The van der Waals surface area contributed by atoms with Crippen molar-refractivity contribution in [2.24, 2.45) is 0 Å². The van der Waals surface area contributed by atoms with E-state index in [9.17, 15) is 13.2 Å². The Bertz CT molecular complexity index is 678. The molecule has 21 heavy (non-hydrogen) atoms. The van der Waals surface area contributed by atoms with Gasteiger partial charge in [-0.05, 0) is 6.07 Å². The maximum absolute atomic E-state index is 12.0. The minimum Gasteiger partial charge on any atom is -0.493 e. The number of hydrogen-bond donors (Lipinski definition) is 2. The molecule has 0 radical (unpaired) electrons. The third-order valence-corrected chi connectivity index (χ3v) is 3.96. The van der Waals surface area contributed by atoms with Crippen LogP contribution < -0.4 is 14.2 Å². The second-order valence-corrected chi connectivity index (χ2v) is 5.58. The van der Waals surface area contributed by atoms with E-state index in [0.717, 1.165) is 12.1 Å². The number of aromatic carboxylic acids is 1. The molecule has 1 aromatic rings. The van der Waals surface area contributed by atoms with Crippen molar-refractivity contribution in [2.45, 2.75) is 11.3 Å². The third-order valence-electron chi connectivity index (χ3n) is 2.52. The van der Waals surface area contributed by atoms with Gasteiger partial charge >= 0.3 is 5.97 Å². The number of rotatable bonds is 7. The Morgan fingerprint density at radius 1 is 1.38 bits per heavy atom. The molecule has 0 bridgehead atoms. The quantitative estimate of drug-likeness (QED) is 0.705. The Balaban J connectivity index is 3.35. The van der Waals surface area contributed by atoms with Crippen LogP contribution >= 0.6 is 0 Å². The lowest BCUT2D eigenvalue weighted by Gasteiger charge is -2.13. The lowest BCUT2D eigenvalue weighted by molar-refractivity contribution is 0.0692. The van der Waals surface area contributed by atoms with Gasteiger partial charge in [0.15, 0.2) is 11.5 Å². The highest BCUT2D eigenvalue weighted by Crippen LogP contribution is 2.34. The summed E-state index contributed by atoms with van der Waals surface area (Å²) in [6.07, 6.45) is -0.00168. The number of methoxy groups -OCH3 is 2. The van der Waals surface area contributed by atoms with E-state index in [0.29, 0.717) is 0 Å². The molecule has 0 atom stereocenters. The van der Waals surface area contributed by atoms with Gasteiger partial charge in [0.25, 0.3) is 0 Å². The van der Waals surface area contributed by atoms with E-state index >= 15 is 0 Å². The van der Waals surface area contributed by atoms with Crippen LogP contribution in [0.2, 0.25) is 0 Å². The summed E-state index contributed by atoms with van der Waals surface area (Å²) in [6.45, 7) is -0.0738. The van der Waals surface area contributed by atoms with Crippen LogP contribution in [-0.2, 0) is 10.0 Å². The number of carbonyl (C=O) groups is 1. The monoisotopic (exact) mass is 314 g/mol. The zero-order chi connectivity index (χ0) is 16.0. The van der Waals surface area contributed by atoms with E-state index in [1.54, 1.807) is 6.07 Å². The minimum absolute atomic E-state index is 0.00168. The number of nitrogens with one attached hydrogen (secondary N) is 1. The van der Waals surface area contributed by atoms with Gasteiger partial charge in [0.1, 0.15) is 5.56 Å². The summed E-state index contributed by atoms with van der Waals surface area (Å²) < 4.78 is 36.2. The van der Waals surface area contributed by atoms with Crippen molar-refractivity contribution < 1.29 is 27.8 Å². The van der Waals surface area contributed by atoms with Gasteiger partial charge in [-0.2, -0.15) is 5.26 Å². The summed E-state index contributed by atoms with van der Waals surface area (Å²) in [6, 6.07) is 3.92. The SMILES string of the molecule is COc1cc(S(=O)(=O)NCCC#N)cc(C(=O)O)c1OC. The lowest BCUT2D eigenvalue weighted by Crippen LogP contribution is -2.25. The standard InChI is InChI=1S/C12H14N2O6S/c1-19-10-7-8(21(17,18)14-5-3-4-13)6-9(12(15)16)11(10)20-2/h6-7,14H,3,5H2,1-2H3,(H,15,16).